The summed E-state index contributed by atoms with van der Waals surface area (Å²) in [5.74, 6) is -0.444. The molecule has 0 saturated heterocycles. The molecule has 0 fully saturated rings. The number of imidazole rings is 1. The number of benzene rings is 1. The van der Waals surface area contributed by atoms with Gasteiger partial charge in [-0.1, -0.05) is 31.9 Å². The molecule has 8 heteroatoms. The molecule has 5 N–H and O–H groups in total. The molecule has 0 bridgehead atoms. The highest BCUT2D eigenvalue weighted by Crippen LogP contribution is 2.19. The Morgan fingerprint density at radius 2 is 2.17 bits per heavy atom. The van der Waals surface area contributed by atoms with Crippen LogP contribution in [0.15, 0.2) is 18.2 Å². The average molecular weight is 338 g/mol. The lowest BCUT2D eigenvalue weighted by molar-refractivity contribution is -0.126. The molecule has 2 aromatic rings. The van der Waals surface area contributed by atoms with Crippen LogP contribution in [-0.4, -0.2) is 34.4 Å². The zero-order chi connectivity index (χ0) is 17.0. The molecule has 23 heavy (non-hydrogen) atoms. The van der Waals surface area contributed by atoms with Gasteiger partial charge in [-0.15, -0.1) is 0 Å². The average Bonchev–Trinajstić information content (AvgIpc) is 2.92. The molecule has 0 aliphatic heterocycles. The van der Waals surface area contributed by atoms with Crippen LogP contribution in [0.4, 0.5) is 5.95 Å². The fourth-order valence-electron chi connectivity index (χ4n) is 2.17. The van der Waals surface area contributed by atoms with E-state index in [0.29, 0.717) is 16.5 Å². The van der Waals surface area contributed by atoms with Crippen LogP contribution in [0.25, 0.3) is 11.0 Å². The van der Waals surface area contributed by atoms with Crippen LogP contribution in [-0.2, 0) is 9.59 Å². The summed E-state index contributed by atoms with van der Waals surface area (Å²) in [4.78, 5) is 31.2. The topological polar surface area (TPSA) is 113 Å². The summed E-state index contributed by atoms with van der Waals surface area (Å²) in [5.41, 5.74) is 6.72. The molecule has 0 unspecified atom stereocenters. The number of H-pyrrole nitrogens is 1. The van der Waals surface area contributed by atoms with Gasteiger partial charge >= 0.3 is 0 Å². The van der Waals surface area contributed by atoms with Crippen molar-refractivity contribution >= 4 is 40.4 Å². The molecule has 0 spiro atoms. The normalized spacial score (nSPS) is 13.6. The predicted octanol–water partition coefficient (Wildman–Crippen LogP) is 1.64. The van der Waals surface area contributed by atoms with Gasteiger partial charge in [0, 0.05) is 5.02 Å². The van der Waals surface area contributed by atoms with Crippen molar-refractivity contribution in [1.29, 1.82) is 0 Å². The molecule has 2 amide bonds. The second-order valence-corrected chi connectivity index (χ2v) is 5.81. The van der Waals surface area contributed by atoms with E-state index in [-0.39, 0.29) is 24.3 Å². The molecule has 1 aromatic heterocycles. The molecule has 2 rings (SSSR count). The van der Waals surface area contributed by atoms with Gasteiger partial charge in [0.15, 0.2) is 0 Å². The van der Waals surface area contributed by atoms with Crippen molar-refractivity contribution in [3.05, 3.63) is 23.2 Å². The Hall–Kier alpha value is -2.12. The number of aromatic amines is 1. The van der Waals surface area contributed by atoms with Crippen LogP contribution in [0.3, 0.4) is 0 Å². The van der Waals surface area contributed by atoms with Crippen LogP contribution >= 0.6 is 11.6 Å². The monoisotopic (exact) mass is 337 g/mol. The minimum Gasteiger partial charge on any atom is -0.343 e. The standard InChI is InChI=1S/C15H20ClN5O2/c1-3-8(2)13(20-12(22)7-17)14(23)21-15-18-10-5-4-9(16)6-11(10)19-15/h4-6,8,13H,3,7,17H2,1-2H3,(H,20,22)(H2,18,19,21,23)/t8-,13-/m0/s1. The first-order valence-corrected chi connectivity index (χ1v) is 7.78. The third-order valence-corrected chi connectivity index (χ3v) is 3.92. The van der Waals surface area contributed by atoms with E-state index >= 15 is 0 Å². The molecule has 0 saturated carbocycles. The second-order valence-electron chi connectivity index (χ2n) is 5.37. The van der Waals surface area contributed by atoms with E-state index in [9.17, 15) is 9.59 Å². The number of nitrogens with one attached hydrogen (secondary N) is 3. The lowest BCUT2D eigenvalue weighted by atomic mass is 9.98. The SMILES string of the molecule is CC[C@H](C)[C@H](NC(=O)CN)C(=O)Nc1nc2ccc(Cl)cc2[nH]1. The minimum absolute atomic E-state index is 0.0377. The number of carbonyl (C=O) groups is 2. The maximum absolute atomic E-state index is 12.5. The molecule has 1 heterocycles. The lowest BCUT2D eigenvalue weighted by Crippen LogP contribution is -2.49. The number of carbonyl (C=O) groups excluding carboxylic acids is 2. The van der Waals surface area contributed by atoms with Gasteiger partial charge in [-0.05, 0) is 24.1 Å². The molecule has 0 aliphatic carbocycles. The van der Waals surface area contributed by atoms with E-state index in [0.717, 1.165) is 11.9 Å². The van der Waals surface area contributed by atoms with Gasteiger partial charge in [0.1, 0.15) is 6.04 Å². The molecule has 0 aliphatic rings. The van der Waals surface area contributed by atoms with Gasteiger partial charge in [0.05, 0.1) is 17.6 Å². The summed E-state index contributed by atoms with van der Waals surface area (Å²) < 4.78 is 0. The Morgan fingerprint density at radius 1 is 1.43 bits per heavy atom. The summed E-state index contributed by atoms with van der Waals surface area (Å²) in [5, 5.41) is 5.91. The van der Waals surface area contributed by atoms with Crippen LogP contribution in [0.5, 0.6) is 0 Å². The van der Waals surface area contributed by atoms with Crippen LogP contribution in [0, 0.1) is 5.92 Å². The summed E-state index contributed by atoms with van der Waals surface area (Å²) in [6, 6.07) is 4.53. The highest BCUT2D eigenvalue weighted by molar-refractivity contribution is 6.31. The number of nitrogens with zero attached hydrogens (tertiary/aromatic N) is 1. The van der Waals surface area contributed by atoms with E-state index in [1.807, 2.05) is 13.8 Å². The molecule has 7 nitrogen and oxygen atoms in total. The minimum atomic E-state index is -0.673. The van der Waals surface area contributed by atoms with Gasteiger partial charge in [0.25, 0.3) is 0 Å². The predicted molar refractivity (Wildman–Crippen MR) is 90.2 cm³/mol. The van der Waals surface area contributed by atoms with E-state index < -0.39 is 6.04 Å². The number of nitrogens with two attached hydrogens (primary N) is 1. The number of aromatic nitrogens is 2. The van der Waals surface area contributed by atoms with E-state index in [2.05, 4.69) is 20.6 Å². The fourth-order valence-corrected chi connectivity index (χ4v) is 2.34. The van der Waals surface area contributed by atoms with Crippen molar-refractivity contribution in [3.8, 4) is 0 Å². The van der Waals surface area contributed by atoms with Gasteiger partial charge in [-0.3, -0.25) is 14.9 Å². The van der Waals surface area contributed by atoms with Crippen LogP contribution in [0.2, 0.25) is 5.02 Å². The number of halogens is 1. The van der Waals surface area contributed by atoms with Gasteiger partial charge in [-0.2, -0.15) is 0 Å². The Bertz CT molecular complexity index is 715. The number of fused-ring (bicyclic) bond motifs is 1. The van der Waals surface area contributed by atoms with Gasteiger partial charge in [-0.25, -0.2) is 4.98 Å². The summed E-state index contributed by atoms with van der Waals surface area (Å²) in [6.45, 7) is 3.67. The van der Waals surface area contributed by atoms with E-state index in [4.69, 9.17) is 17.3 Å². The molecular formula is C15H20ClN5O2. The molecular weight excluding hydrogens is 318 g/mol. The second kappa shape index (κ2) is 7.43. The number of rotatable bonds is 6. The van der Waals surface area contributed by atoms with Crippen LogP contribution < -0.4 is 16.4 Å². The third kappa shape index (κ3) is 4.20. The summed E-state index contributed by atoms with van der Waals surface area (Å²) in [6.07, 6.45) is 0.735. The zero-order valence-corrected chi connectivity index (χ0v) is 13.8. The van der Waals surface area contributed by atoms with Crippen molar-refractivity contribution in [2.45, 2.75) is 26.3 Å². The highest BCUT2D eigenvalue weighted by Gasteiger charge is 2.26. The van der Waals surface area contributed by atoms with Crippen molar-refractivity contribution in [1.82, 2.24) is 15.3 Å². The maximum Gasteiger partial charge on any atom is 0.249 e. The fraction of sp³-hybridized carbons (Fsp3) is 0.400. The number of hydrogen-bond acceptors (Lipinski definition) is 4. The molecule has 1 aromatic carbocycles. The molecule has 124 valence electrons. The molecule has 0 radical (unpaired) electrons. The summed E-state index contributed by atoms with van der Waals surface area (Å²) >= 11 is 5.92. The first-order valence-electron chi connectivity index (χ1n) is 7.40. The van der Waals surface area contributed by atoms with Crippen molar-refractivity contribution in [3.63, 3.8) is 0 Å². The third-order valence-electron chi connectivity index (χ3n) is 3.68. The van der Waals surface area contributed by atoms with Crippen molar-refractivity contribution in [2.24, 2.45) is 11.7 Å². The smallest absolute Gasteiger partial charge is 0.249 e. The largest absolute Gasteiger partial charge is 0.343 e. The highest BCUT2D eigenvalue weighted by atomic mass is 35.5. The number of anilines is 1. The Kier molecular flexibility index (Phi) is 5.57. The number of hydrogen-bond donors (Lipinski definition) is 4. The first kappa shape index (κ1) is 17.2. The van der Waals surface area contributed by atoms with E-state index in [1.165, 1.54) is 0 Å². The number of amides is 2. The Morgan fingerprint density at radius 3 is 2.83 bits per heavy atom. The zero-order valence-electron chi connectivity index (χ0n) is 13.0. The van der Waals surface area contributed by atoms with Gasteiger partial charge < -0.3 is 16.0 Å². The first-order chi connectivity index (χ1) is 10.9. The maximum atomic E-state index is 12.5. The Balaban J connectivity index is 2.16. The van der Waals surface area contributed by atoms with Crippen LogP contribution in [0.1, 0.15) is 20.3 Å². The Labute approximate surface area is 139 Å². The van der Waals surface area contributed by atoms with Crippen molar-refractivity contribution in [2.75, 3.05) is 11.9 Å². The lowest BCUT2D eigenvalue weighted by Gasteiger charge is -2.22. The van der Waals surface area contributed by atoms with Crippen molar-refractivity contribution < 1.29 is 9.59 Å². The van der Waals surface area contributed by atoms with E-state index in [1.54, 1.807) is 18.2 Å². The molecule has 2 atom stereocenters. The quantitative estimate of drug-likeness (QED) is 0.641. The summed E-state index contributed by atoms with van der Waals surface area (Å²) in [7, 11) is 0. The van der Waals surface area contributed by atoms with Gasteiger partial charge in [0.2, 0.25) is 17.8 Å².